The van der Waals surface area contributed by atoms with E-state index in [1.54, 1.807) is 11.8 Å². The summed E-state index contributed by atoms with van der Waals surface area (Å²) in [5, 5.41) is 8.97. The molecule has 0 unspecified atom stereocenters. The molecule has 0 bridgehead atoms. The van der Waals surface area contributed by atoms with Crippen molar-refractivity contribution in [2.45, 2.75) is 19.3 Å². The van der Waals surface area contributed by atoms with Gasteiger partial charge in [-0.1, -0.05) is 0 Å². The molecule has 8 heteroatoms. The highest BCUT2D eigenvalue weighted by Crippen LogP contribution is 2.33. The highest BCUT2D eigenvalue weighted by Gasteiger charge is 2.17. The molecule has 136 valence electrons. The SMILES string of the molecule is CSCCc1nc(CCc2cnn(C)c2)n(-c2ccc3c(c2)OCO3)n1. The van der Waals surface area contributed by atoms with Crippen LogP contribution in [0.3, 0.4) is 0 Å². The van der Waals surface area contributed by atoms with Crippen molar-refractivity contribution in [1.82, 2.24) is 24.5 Å². The van der Waals surface area contributed by atoms with Crippen LogP contribution in [0.1, 0.15) is 17.2 Å². The highest BCUT2D eigenvalue weighted by molar-refractivity contribution is 7.98. The van der Waals surface area contributed by atoms with E-state index in [1.165, 1.54) is 5.56 Å². The van der Waals surface area contributed by atoms with Gasteiger partial charge in [0.2, 0.25) is 6.79 Å². The maximum Gasteiger partial charge on any atom is 0.231 e. The number of hydrogen-bond acceptors (Lipinski definition) is 6. The van der Waals surface area contributed by atoms with Crippen LogP contribution >= 0.6 is 11.8 Å². The number of benzene rings is 1. The summed E-state index contributed by atoms with van der Waals surface area (Å²) in [5.74, 6) is 4.35. The average molecular weight is 371 g/mol. The zero-order valence-electron chi connectivity index (χ0n) is 14.9. The molecule has 0 saturated carbocycles. The Morgan fingerprint density at radius 2 is 2.04 bits per heavy atom. The van der Waals surface area contributed by atoms with Crippen LogP contribution < -0.4 is 9.47 Å². The first-order valence-corrected chi connectivity index (χ1v) is 9.93. The maximum atomic E-state index is 5.51. The summed E-state index contributed by atoms with van der Waals surface area (Å²) in [4.78, 5) is 4.78. The minimum atomic E-state index is 0.267. The predicted octanol–water partition coefficient (Wildman–Crippen LogP) is 2.42. The quantitative estimate of drug-likeness (QED) is 0.635. The van der Waals surface area contributed by atoms with Crippen LogP contribution in [0.15, 0.2) is 30.6 Å². The lowest BCUT2D eigenvalue weighted by Gasteiger charge is -2.06. The summed E-state index contributed by atoms with van der Waals surface area (Å²) in [5.41, 5.74) is 2.14. The smallest absolute Gasteiger partial charge is 0.231 e. The molecule has 26 heavy (non-hydrogen) atoms. The Kier molecular flexibility index (Phi) is 4.83. The molecule has 1 aliphatic rings. The van der Waals surface area contributed by atoms with Crippen LogP contribution in [-0.2, 0) is 26.3 Å². The van der Waals surface area contributed by atoms with E-state index in [2.05, 4.69) is 11.4 Å². The Balaban J connectivity index is 1.61. The van der Waals surface area contributed by atoms with E-state index in [4.69, 9.17) is 19.6 Å². The van der Waals surface area contributed by atoms with Crippen LogP contribution in [-0.4, -0.2) is 43.3 Å². The summed E-state index contributed by atoms with van der Waals surface area (Å²) in [6.45, 7) is 0.267. The van der Waals surface area contributed by atoms with Crippen molar-refractivity contribution < 1.29 is 9.47 Å². The van der Waals surface area contributed by atoms with E-state index in [0.29, 0.717) is 0 Å². The van der Waals surface area contributed by atoms with E-state index in [9.17, 15) is 0 Å². The fourth-order valence-electron chi connectivity index (χ4n) is 2.93. The molecule has 0 spiro atoms. The maximum absolute atomic E-state index is 5.51. The highest BCUT2D eigenvalue weighted by atomic mass is 32.2. The molecule has 3 aromatic rings. The Hall–Kier alpha value is -2.48. The second kappa shape index (κ2) is 7.41. The van der Waals surface area contributed by atoms with Crippen molar-refractivity contribution in [3.05, 3.63) is 47.8 Å². The summed E-state index contributed by atoms with van der Waals surface area (Å²) in [6, 6.07) is 5.88. The number of aromatic nitrogens is 5. The molecule has 4 rings (SSSR count). The fourth-order valence-corrected chi connectivity index (χ4v) is 3.32. The summed E-state index contributed by atoms with van der Waals surface area (Å²) >= 11 is 1.80. The van der Waals surface area contributed by atoms with E-state index in [0.717, 1.165) is 53.9 Å². The monoisotopic (exact) mass is 371 g/mol. The summed E-state index contributed by atoms with van der Waals surface area (Å²) in [7, 11) is 1.93. The third kappa shape index (κ3) is 3.55. The molecule has 1 aliphatic heterocycles. The van der Waals surface area contributed by atoms with E-state index < -0.39 is 0 Å². The Morgan fingerprint density at radius 1 is 1.15 bits per heavy atom. The third-order valence-electron chi connectivity index (χ3n) is 4.24. The van der Waals surface area contributed by atoms with Crippen LogP contribution in [0.4, 0.5) is 0 Å². The third-order valence-corrected chi connectivity index (χ3v) is 4.86. The molecular weight excluding hydrogens is 350 g/mol. The van der Waals surface area contributed by atoms with Gasteiger partial charge in [0, 0.05) is 37.9 Å². The van der Waals surface area contributed by atoms with Gasteiger partial charge in [-0.25, -0.2) is 9.67 Å². The summed E-state index contributed by atoms with van der Waals surface area (Å²) in [6.07, 6.45) is 8.56. The molecule has 3 heterocycles. The van der Waals surface area contributed by atoms with Gasteiger partial charge in [-0.2, -0.15) is 22.0 Å². The lowest BCUT2D eigenvalue weighted by atomic mass is 10.2. The Morgan fingerprint density at radius 3 is 2.85 bits per heavy atom. The van der Waals surface area contributed by atoms with E-state index >= 15 is 0 Å². The number of hydrogen-bond donors (Lipinski definition) is 0. The Labute approximate surface area is 156 Å². The van der Waals surface area contributed by atoms with Crippen molar-refractivity contribution >= 4 is 11.8 Å². The number of rotatable bonds is 7. The van der Waals surface area contributed by atoms with Crippen molar-refractivity contribution in [2.75, 3.05) is 18.8 Å². The van der Waals surface area contributed by atoms with Gasteiger partial charge in [0.05, 0.1) is 11.9 Å². The molecule has 7 nitrogen and oxygen atoms in total. The number of fused-ring (bicyclic) bond motifs is 1. The number of nitrogens with zero attached hydrogens (tertiary/aromatic N) is 5. The van der Waals surface area contributed by atoms with Crippen LogP contribution in [0.25, 0.3) is 5.69 Å². The van der Waals surface area contributed by atoms with E-state index in [1.807, 2.05) is 47.0 Å². The fraction of sp³-hybridized carbons (Fsp3) is 0.389. The lowest BCUT2D eigenvalue weighted by Crippen LogP contribution is -2.04. The second-order valence-electron chi connectivity index (χ2n) is 6.16. The topological polar surface area (TPSA) is 67.0 Å². The van der Waals surface area contributed by atoms with Gasteiger partial charge in [0.25, 0.3) is 0 Å². The second-order valence-corrected chi connectivity index (χ2v) is 7.14. The standard InChI is InChI=1S/C18H21N5O2S/c1-22-11-13(10-19-22)3-6-18-20-17(7-8-26-2)21-23(18)14-4-5-15-16(9-14)25-12-24-15/h4-5,9-11H,3,6-8,12H2,1-2H3. The molecular formula is C18H21N5O2S. The van der Waals surface area contributed by atoms with Gasteiger partial charge >= 0.3 is 0 Å². The number of ether oxygens (including phenoxy) is 2. The van der Waals surface area contributed by atoms with Crippen molar-refractivity contribution in [2.24, 2.45) is 7.05 Å². The normalized spacial score (nSPS) is 12.7. The molecule has 0 saturated heterocycles. The summed E-state index contributed by atoms with van der Waals surface area (Å²) < 4.78 is 14.7. The van der Waals surface area contributed by atoms with Gasteiger partial charge in [-0.15, -0.1) is 0 Å². The molecule has 0 N–H and O–H groups in total. The minimum absolute atomic E-state index is 0.267. The predicted molar refractivity (Wildman–Crippen MR) is 100 cm³/mol. The molecule has 0 fully saturated rings. The first-order valence-electron chi connectivity index (χ1n) is 8.54. The van der Waals surface area contributed by atoms with Gasteiger partial charge < -0.3 is 9.47 Å². The molecule has 0 amide bonds. The largest absolute Gasteiger partial charge is 0.454 e. The van der Waals surface area contributed by atoms with Crippen molar-refractivity contribution in [3.8, 4) is 17.2 Å². The minimum Gasteiger partial charge on any atom is -0.454 e. The number of thioether (sulfide) groups is 1. The van der Waals surface area contributed by atoms with Gasteiger partial charge in [0.15, 0.2) is 17.3 Å². The number of aryl methyl sites for hydroxylation is 4. The molecule has 0 aliphatic carbocycles. The van der Waals surface area contributed by atoms with Crippen molar-refractivity contribution in [1.29, 1.82) is 0 Å². The zero-order valence-corrected chi connectivity index (χ0v) is 15.7. The van der Waals surface area contributed by atoms with Crippen LogP contribution in [0, 0.1) is 0 Å². The van der Waals surface area contributed by atoms with Gasteiger partial charge in [0.1, 0.15) is 5.82 Å². The molecule has 0 atom stereocenters. The van der Waals surface area contributed by atoms with Crippen LogP contribution in [0.5, 0.6) is 11.5 Å². The first-order chi connectivity index (χ1) is 12.7. The van der Waals surface area contributed by atoms with E-state index in [-0.39, 0.29) is 6.79 Å². The molecule has 1 aromatic carbocycles. The van der Waals surface area contributed by atoms with Gasteiger partial charge in [-0.05, 0) is 30.4 Å². The molecule has 2 aromatic heterocycles. The van der Waals surface area contributed by atoms with Crippen LogP contribution in [0.2, 0.25) is 0 Å². The average Bonchev–Trinajstić information content (AvgIpc) is 3.36. The first kappa shape index (κ1) is 17.0. The Bertz CT molecular complexity index is 905. The lowest BCUT2D eigenvalue weighted by molar-refractivity contribution is 0.174. The van der Waals surface area contributed by atoms with Gasteiger partial charge in [-0.3, -0.25) is 4.68 Å². The van der Waals surface area contributed by atoms with Crippen molar-refractivity contribution in [3.63, 3.8) is 0 Å². The molecule has 0 radical (unpaired) electrons. The zero-order chi connectivity index (χ0) is 17.9.